The Morgan fingerprint density at radius 3 is 2.36 bits per heavy atom. The van der Waals surface area contributed by atoms with E-state index in [0.717, 1.165) is 5.56 Å². The van der Waals surface area contributed by atoms with Crippen molar-refractivity contribution in [2.45, 2.75) is 13.0 Å². The second kappa shape index (κ2) is 6.95. The molecule has 0 fully saturated rings. The average molecular weight is 318 g/mol. The number of carbonyl (C=O) groups excluding carboxylic acids is 2. The monoisotopic (exact) mass is 317 g/mol. The van der Waals surface area contributed by atoms with Crippen molar-refractivity contribution in [3.63, 3.8) is 0 Å². The van der Waals surface area contributed by atoms with Gasteiger partial charge in [0.2, 0.25) is 11.8 Å². The second-order valence-electron chi connectivity index (χ2n) is 4.77. The molecule has 2 aromatic rings. The molecule has 6 heteroatoms. The Balaban J connectivity index is 2.22. The average Bonchev–Trinajstić information content (AvgIpc) is 2.47. The SMILES string of the molecule is CC(=O)Nc1ccc(NC(C(N)=O)c2ccccc2)cc1Cl. The third kappa shape index (κ3) is 3.99. The fraction of sp³-hybridized carbons (Fsp3) is 0.125. The second-order valence-corrected chi connectivity index (χ2v) is 5.17. The van der Waals surface area contributed by atoms with Gasteiger partial charge in [0, 0.05) is 12.6 Å². The first-order valence-electron chi connectivity index (χ1n) is 6.65. The van der Waals surface area contributed by atoms with Gasteiger partial charge < -0.3 is 16.4 Å². The molecule has 1 unspecified atom stereocenters. The van der Waals surface area contributed by atoms with Gasteiger partial charge in [-0.15, -0.1) is 0 Å². The van der Waals surface area contributed by atoms with Crippen LogP contribution in [0, 0.1) is 0 Å². The van der Waals surface area contributed by atoms with Crippen molar-refractivity contribution >= 4 is 34.8 Å². The van der Waals surface area contributed by atoms with Crippen LogP contribution in [0.1, 0.15) is 18.5 Å². The zero-order valence-corrected chi connectivity index (χ0v) is 12.7. The number of anilines is 2. The predicted molar refractivity (Wildman–Crippen MR) is 87.8 cm³/mol. The van der Waals surface area contributed by atoms with Gasteiger partial charge in [-0.25, -0.2) is 0 Å². The summed E-state index contributed by atoms with van der Waals surface area (Å²) in [6.45, 7) is 1.40. The summed E-state index contributed by atoms with van der Waals surface area (Å²) in [5.74, 6) is -0.699. The molecule has 0 aliphatic carbocycles. The molecular weight excluding hydrogens is 302 g/mol. The third-order valence-corrected chi connectivity index (χ3v) is 3.32. The Hall–Kier alpha value is -2.53. The Kier molecular flexibility index (Phi) is 5.01. The Bertz CT molecular complexity index is 689. The minimum Gasteiger partial charge on any atom is -0.370 e. The first kappa shape index (κ1) is 15.9. The molecule has 0 bridgehead atoms. The van der Waals surface area contributed by atoms with Crippen LogP contribution in [-0.4, -0.2) is 11.8 Å². The van der Waals surface area contributed by atoms with Gasteiger partial charge in [0.25, 0.3) is 0 Å². The van der Waals surface area contributed by atoms with Gasteiger partial charge in [0.1, 0.15) is 6.04 Å². The van der Waals surface area contributed by atoms with Crippen LogP contribution in [0.5, 0.6) is 0 Å². The number of primary amides is 1. The largest absolute Gasteiger partial charge is 0.370 e. The Labute approximate surface area is 133 Å². The highest BCUT2D eigenvalue weighted by Crippen LogP contribution is 2.27. The van der Waals surface area contributed by atoms with Crippen LogP contribution in [-0.2, 0) is 9.59 Å². The smallest absolute Gasteiger partial charge is 0.244 e. The number of halogens is 1. The van der Waals surface area contributed by atoms with E-state index in [9.17, 15) is 9.59 Å². The fourth-order valence-corrected chi connectivity index (χ4v) is 2.25. The lowest BCUT2D eigenvalue weighted by atomic mass is 10.1. The van der Waals surface area contributed by atoms with Crippen molar-refractivity contribution in [2.24, 2.45) is 5.73 Å². The van der Waals surface area contributed by atoms with Crippen LogP contribution in [0.25, 0.3) is 0 Å². The minimum absolute atomic E-state index is 0.207. The van der Waals surface area contributed by atoms with Crippen LogP contribution in [0.4, 0.5) is 11.4 Å². The van der Waals surface area contributed by atoms with Crippen LogP contribution in [0.3, 0.4) is 0 Å². The molecule has 0 radical (unpaired) electrons. The minimum atomic E-state index is -0.663. The summed E-state index contributed by atoms with van der Waals surface area (Å²) in [5.41, 5.74) is 7.36. The number of rotatable bonds is 5. The molecule has 0 heterocycles. The van der Waals surface area contributed by atoms with Crippen molar-refractivity contribution in [1.82, 2.24) is 0 Å². The number of hydrogen-bond acceptors (Lipinski definition) is 3. The molecule has 2 aromatic carbocycles. The van der Waals surface area contributed by atoms with Gasteiger partial charge in [-0.05, 0) is 23.8 Å². The van der Waals surface area contributed by atoms with Crippen molar-refractivity contribution in [1.29, 1.82) is 0 Å². The Morgan fingerprint density at radius 2 is 1.82 bits per heavy atom. The van der Waals surface area contributed by atoms with E-state index in [4.69, 9.17) is 17.3 Å². The van der Waals surface area contributed by atoms with E-state index in [1.54, 1.807) is 18.2 Å². The number of nitrogens with two attached hydrogens (primary N) is 1. The predicted octanol–water partition coefficient (Wildman–Crippen LogP) is 2.94. The lowest BCUT2D eigenvalue weighted by Crippen LogP contribution is -2.27. The van der Waals surface area contributed by atoms with Crippen LogP contribution < -0.4 is 16.4 Å². The maximum Gasteiger partial charge on any atom is 0.244 e. The van der Waals surface area contributed by atoms with Gasteiger partial charge in [-0.1, -0.05) is 41.9 Å². The van der Waals surface area contributed by atoms with Gasteiger partial charge in [-0.2, -0.15) is 0 Å². The molecular formula is C16H16ClN3O2. The molecule has 0 aliphatic heterocycles. The fourth-order valence-electron chi connectivity index (χ4n) is 2.03. The van der Waals surface area contributed by atoms with Gasteiger partial charge >= 0.3 is 0 Å². The number of amides is 2. The van der Waals surface area contributed by atoms with Crippen molar-refractivity contribution < 1.29 is 9.59 Å². The van der Waals surface area contributed by atoms with Gasteiger partial charge in [0.15, 0.2) is 0 Å². The van der Waals surface area contributed by atoms with E-state index in [0.29, 0.717) is 16.4 Å². The van der Waals surface area contributed by atoms with Crippen molar-refractivity contribution in [2.75, 3.05) is 10.6 Å². The quantitative estimate of drug-likeness (QED) is 0.792. The van der Waals surface area contributed by atoms with Crippen molar-refractivity contribution in [3.8, 4) is 0 Å². The lowest BCUT2D eigenvalue weighted by Gasteiger charge is -2.18. The molecule has 0 aliphatic rings. The lowest BCUT2D eigenvalue weighted by molar-refractivity contribution is -0.119. The van der Waals surface area contributed by atoms with Crippen LogP contribution in [0.15, 0.2) is 48.5 Å². The highest BCUT2D eigenvalue weighted by atomic mass is 35.5. The summed E-state index contributed by atoms with van der Waals surface area (Å²) in [6, 6.07) is 13.5. The standard InChI is InChI=1S/C16H16ClN3O2/c1-10(21)19-14-8-7-12(9-13(14)17)20-15(16(18)22)11-5-3-2-4-6-11/h2-9,15,20H,1H3,(H2,18,22)(H,19,21). The zero-order chi connectivity index (χ0) is 16.1. The highest BCUT2D eigenvalue weighted by molar-refractivity contribution is 6.34. The molecule has 0 spiro atoms. The highest BCUT2D eigenvalue weighted by Gasteiger charge is 2.17. The topological polar surface area (TPSA) is 84.2 Å². The third-order valence-electron chi connectivity index (χ3n) is 3.01. The molecule has 114 valence electrons. The molecule has 4 N–H and O–H groups in total. The van der Waals surface area contributed by atoms with E-state index in [2.05, 4.69) is 10.6 Å². The van der Waals surface area contributed by atoms with Gasteiger partial charge in [0.05, 0.1) is 10.7 Å². The molecule has 1 atom stereocenters. The van der Waals surface area contributed by atoms with Gasteiger partial charge in [-0.3, -0.25) is 9.59 Å². The number of nitrogens with one attached hydrogen (secondary N) is 2. The van der Waals surface area contributed by atoms with E-state index in [1.165, 1.54) is 6.92 Å². The van der Waals surface area contributed by atoms with Crippen molar-refractivity contribution in [3.05, 3.63) is 59.1 Å². The number of benzene rings is 2. The summed E-state index contributed by atoms with van der Waals surface area (Å²) in [5, 5.41) is 6.03. The first-order chi connectivity index (χ1) is 10.5. The summed E-state index contributed by atoms with van der Waals surface area (Å²) >= 11 is 6.11. The van der Waals surface area contributed by atoms with E-state index in [-0.39, 0.29) is 5.91 Å². The molecule has 22 heavy (non-hydrogen) atoms. The molecule has 0 aromatic heterocycles. The van der Waals surface area contributed by atoms with Crippen LogP contribution >= 0.6 is 11.6 Å². The maximum atomic E-state index is 11.7. The van der Waals surface area contributed by atoms with E-state index in [1.807, 2.05) is 30.3 Å². The number of hydrogen-bond donors (Lipinski definition) is 3. The number of carbonyl (C=O) groups is 2. The Morgan fingerprint density at radius 1 is 1.14 bits per heavy atom. The first-order valence-corrected chi connectivity index (χ1v) is 7.03. The van der Waals surface area contributed by atoms with E-state index < -0.39 is 11.9 Å². The molecule has 2 amide bonds. The molecule has 0 saturated carbocycles. The maximum absolute atomic E-state index is 11.7. The zero-order valence-electron chi connectivity index (χ0n) is 12.0. The summed E-state index contributed by atoms with van der Waals surface area (Å²) < 4.78 is 0. The van der Waals surface area contributed by atoms with Crippen LogP contribution in [0.2, 0.25) is 5.02 Å². The summed E-state index contributed by atoms with van der Waals surface area (Å²) in [6.07, 6.45) is 0. The summed E-state index contributed by atoms with van der Waals surface area (Å²) in [7, 11) is 0. The molecule has 0 saturated heterocycles. The molecule has 5 nitrogen and oxygen atoms in total. The van der Waals surface area contributed by atoms with E-state index >= 15 is 0 Å². The molecule has 2 rings (SSSR count). The normalized spacial score (nSPS) is 11.5. The summed E-state index contributed by atoms with van der Waals surface area (Å²) in [4.78, 5) is 22.7.